The van der Waals surface area contributed by atoms with Gasteiger partial charge < -0.3 is 5.32 Å². The lowest BCUT2D eigenvalue weighted by atomic mass is 10.3. The second-order valence-corrected chi connectivity index (χ2v) is 4.22. The van der Waals surface area contributed by atoms with Crippen molar-refractivity contribution in [3.63, 3.8) is 0 Å². The number of aromatic nitrogens is 4. The summed E-state index contributed by atoms with van der Waals surface area (Å²) in [7, 11) is 0. The molecule has 2 rings (SSSR count). The highest BCUT2D eigenvalue weighted by Crippen LogP contribution is 2.13. The van der Waals surface area contributed by atoms with E-state index in [1.807, 2.05) is 6.92 Å². The second kappa shape index (κ2) is 5.15. The number of carbonyl (C=O) groups excluding carboxylic acids is 1. The van der Waals surface area contributed by atoms with Gasteiger partial charge in [-0.05, 0) is 18.0 Å². The van der Waals surface area contributed by atoms with Crippen molar-refractivity contribution >= 4 is 34.9 Å². The van der Waals surface area contributed by atoms with Gasteiger partial charge in [0.05, 0.1) is 18.1 Å². The summed E-state index contributed by atoms with van der Waals surface area (Å²) in [6.45, 7) is 1.91. The highest BCUT2D eigenvalue weighted by atomic mass is 35.5. The predicted molar refractivity (Wildman–Crippen MR) is 64.3 cm³/mol. The lowest BCUT2D eigenvalue weighted by Crippen LogP contribution is -2.13. The highest BCUT2D eigenvalue weighted by Gasteiger charge is 2.15. The van der Waals surface area contributed by atoms with Crippen LogP contribution in [0.3, 0.4) is 0 Å². The second-order valence-electron chi connectivity index (χ2n) is 3.08. The number of hydrogen-bond acceptors (Lipinski definition) is 6. The predicted octanol–water partition coefficient (Wildman–Crippen LogP) is 1.80. The number of anilines is 1. The number of aryl methyl sites for hydroxylation is 1. The van der Waals surface area contributed by atoms with E-state index in [1.54, 1.807) is 0 Å². The molecule has 17 heavy (non-hydrogen) atoms. The molecular formula is C9H8ClN5OS. The van der Waals surface area contributed by atoms with Crippen molar-refractivity contribution in [2.24, 2.45) is 0 Å². The van der Waals surface area contributed by atoms with Crippen LogP contribution in [0.2, 0.25) is 5.15 Å². The van der Waals surface area contributed by atoms with Crippen molar-refractivity contribution in [3.8, 4) is 0 Å². The Morgan fingerprint density at radius 1 is 1.47 bits per heavy atom. The van der Waals surface area contributed by atoms with Gasteiger partial charge in [-0.1, -0.05) is 23.0 Å². The Hall–Kier alpha value is -1.60. The van der Waals surface area contributed by atoms with Crippen molar-refractivity contribution in [1.82, 2.24) is 19.6 Å². The standard InChI is InChI=1S/C9H8ClN5OS/c1-2-5-8(17-15-14-5)9(16)13-7-4-11-6(10)3-12-7/h3-4H,2H2,1H3,(H,12,13,16). The minimum absolute atomic E-state index is 0.275. The first kappa shape index (κ1) is 11.9. The van der Waals surface area contributed by atoms with Gasteiger partial charge in [-0.25, -0.2) is 9.97 Å². The van der Waals surface area contributed by atoms with E-state index in [2.05, 4.69) is 24.9 Å². The van der Waals surface area contributed by atoms with Gasteiger partial charge in [0.25, 0.3) is 5.91 Å². The topological polar surface area (TPSA) is 80.7 Å². The van der Waals surface area contributed by atoms with Crippen LogP contribution in [-0.2, 0) is 6.42 Å². The van der Waals surface area contributed by atoms with Crippen LogP contribution in [-0.4, -0.2) is 25.5 Å². The molecule has 0 unspecified atom stereocenters. The SMILES string of the molecule is CCc1nnsc1C(=O)Nc1cnc(Cl)cn1. The monoisotopic (exact) mass is 269 g/mol. The molecule has 0 aromatic carbocycles. The van der Waals surface area contributed by atoms with Gasteiger partial charge >= 0.3 is 0 Å². The van der Waals surface area contributed by atoms with E-state index in [0.717, 1.165) is 11.5 Å². The summed E-state index contributed by atoms with van der Waals surface area (Å²) in [6, 6.07) is 0. The van der Waals surface area contributed by atoms with Crippen molar-refractivity contribution < 1.29 is 4.79 Å². The quantitative estimate of drug-likeness (QED) is 0.919. The Labute approximate surface area is 106 Å². The number of halogens is 1. The summed E-state index contributed by atoms with van der Waals surface area (Å²) in [5.41, 5.74) is 0.675. The summed E-state index contributed by atoms with van der Waals surface area (Å²) in [4.78, 5) is 20.1. The van der Waals surface area contributed by atoms with Crippen molar-refractivity contribution in [2.75, 3.05) is 5.32 Å². The van der Waals surface area contributed by atoms with Gasteiger partial charge in [-0.2, -0.15) is 0 Å². The minimum atomic E-state index is -0.284. The minimum Gasteiger partial charge on any atom is -0.304 e. The Morgan fingerprint density at radius 3 is 2.94 bits per heavy atom. The number of rotatable bonds is 3. The molecule has 1 amide bonds. The zero-order valence-electron chi connectivity index (χ0n) is 8.85. The zero-order valence-corrected chi connectivity index (χ0v) is 10.4. The van der Waals surface area contributed by atoms with Crippen LogP contribution in [0, 0.1) is 0 Å². The Morgan fingerprint density at radius 2 is 2.29 bits per heavy atom. The maximum Gasteiger partial charge on any atom is 0.270 e. The van der Waals surface area contributed by atoms with Gasteiger partial charge in [0.15, 0.2) is 5.82 Å². The van der Waals surface area contributed by atoms with Crippen LogP contribution in [0.4, 0.5) is 5.82 Å². The Bertz CT molecular complexity index is 526. The molecule has 2 aromatic heterocycles. The summed E-state index contributed by atoms with van der Waals surface area (Å²) in [5, 5.41) is 6.74. The summed E-state index contributed by atoms with van der Waals surface area (Å²) < 4.78 is 3.74. The first-order valence-corrected chi connectivity index (χ1v) is 5.96. The smallest absolute Gasteiger partial charge is 0.270 e. The van der Waals surface area contributed by atoms with Crippen LogP contribution >= 0.6 is 23.1 Å². The van der Waals surface area contributed by atoms with Crippen LogP contribution in [0.1, 0.15) is 22.3 Å². The molecule has 0 atom stereocenters. The molecular weight excluding hydrogens is 262 g/mol. The largest absolute Gasteiger partial charge is 0.304 e. The van der Waals surface area contributed by atoms with E-state index in [1.165, 1.54) is 12.4 Å². The normalized spacial score (nSPS) is 10.2. The molecule has 0 radical (unpaired) electrons. The molecule has 0 aliphatic rings. The lowest BCUT2D eigenvalue weighted by molar-refractivity contribution is 0.102. The van der Waals surface area contributed by atoms with E-state index < -0.39 is 0 Å². The van der Waals surface area contributed by atoms with Gasteiger partial charge in [0.2, 0.25) is 0 Å². The molecule has 0 spiro atoms. The van der Waals surface area contributed by atoms with E-state index in [4.69, 9.17) is 11.6 Å². The highest BCUT2D eigenvalue weighted by molar-refractivity contribution is 7.08. The van der Waals surface area contributed by atoms with Crippen LogP contribution in [0.25, 0.3) is 0 Å². The van der Waals surface area contributed by atoms with Gasteiger partial charge in [0.1, 0.15) is 10.0 Å². The van der Waals surface area contributed by atoms with Crippen LogP contribution in [0.15, 0.2) is 12.4 Å². The zero-order chi connectivity index (χ0) is 12.3. The third-order valence-electron chi connectivity index (χ3n) is 1.96. The van der Waals surface area contributed by atoms with Crippen molar-refractivity contribution in [3.05, 3.63) is 28.1 Å². The molecule has 0 saturated carbocycles. The fraction of sp³-hybridized carbons (Fsp3) is 0.222. The van der Waals surface area contributed by atoms with E-state index in [-0.39, 0.29) is 11.1 Å². The number of hydrogen-bond donors (Lipinski definition) is 1. The molecule has 0 bridgehead atoms. The van der Waals surface area contributed by atoms with Crippen LogP contribution in [0.5, 0.6) is 0 Å². The molecule has 0 fully saturated rings. The number of nitrogens with zero attached hydrogens (tertiary/aromatic N) is 4. The van der Waals surface area contributed by atoms with E-state index >= 15 is 0 Å². The molecule has 6 nitrogen and oxygen atoms in total. The first-order valence-electron chi connectivity index (χ1n) is 4.81. The summed E-state index contributed by atoms with van der Waals surface area (Å²) in [5.74, 6) is 0.0586. The molecule has 1 N–H and O–H groups in total. The number of nitrogens with one attached hydrogen (secondary N) is 1. The maximum atomic E-state index is 11.9. The van der Waals surface area contributed by atoms with E-state index in [9.17, 15) is 4.79 Å². The maximum absolute atomic E-state index is 11.9. The molecule has 0 aliphatic carbocycles. The van der Waals surface area contributed by atoms with Crippen molar-refractivity contribution in [2.45, 2.75) is 13.3 Å². The molecule has 2 heterocycles. The number of carbonyl (C=O) groups is 1. The van der Waals surface area contributed by atoms with Crippen LogP contribution < -0.4 is 5.32 Å². The van der Waals surface area contributed by atoms with Gasteiger partial charge in [0, 0.05) is 0 Å². The lowest BCUT2D eigenvalue weighted by Gasteiger charge is -2.02. The van der Waals surface area contributed by atoms with E-state index in [0.29, 0.717) is 22.8 Å². The number of amides is 1. The fourth-order valence-electron chi connectivity index (χ4n) is 1.16. The molecule has 88 valence electrons. The molecule has 0 saturated heterocycles. The molecule has 0 aliphatic heterocycles. The summed E-state index contributed by atoms with van der Waals surface area (Å²) >= 11 is 6.65. The summed E-state index contributed by atoms with van der Waals surface area (Å²) in [6.07, 6.45) is 3.41. The molecule has 2 aromatic rings. The Kier molecular flexibility index (Phi) is 3.60. The van der Waals surface area contributed by atoms with Gasteiger partial charge in [-0.3, -0.25) is 4.79 Å². The first-order chi connectivity index (χ1) is 8.20. The fourth-order valence-corrected chi connectivity index (χ4v) is 1.91. The third-order valence-corrected chi connectivity index (χ3v) is 2.92. The average molecular weight is 270 g/mol. The van der Waals surface area contributed by atoms with Crippen molar-refractivity contribution in [1.29, 1.82) is 0 Å². The molecule has 8 heteroatoms. The average Bonchev–Trinajstić information content (AvgIpc) is 2.80. The third kappa shape index (κ3) is 2.75. The Balaban J connectivity index is 2.14. The van der Waals surface area contributed by atoms with Gasteiger partial charge in [-0.15, -0.1) is 5.10 Å².